The molecular formula is C24H31ClO6. The molecule has 0 radical (unpaired) electrons. The number of ether oxygens (including phenoxy) is 2. The fourth-order valence-corrected chi connectivity index (χ4v) is 3.20. The summed E-state index contributed by atoms with van der Waals surface area (Å²) in [6.45, 7) is 4.22. The van der Waals surface area contributed by atoms with Crippen molar-refractivity contribution in [1.82, 2.24) is 0 Å². The first-order valence-corrected chi connectivity index (χ1v) is 10.7. The molecule has 0 fully saturated rings. The van der Waals surface area contributed by atoms with Crippen LogP contribution in [-0.2, 0) is 12.8 Å². The largest absolute Gasteiger partial charge is 0.496 e. The van der Waals surface area contributed by atoms with Crippen LogP contribution in [0.25, 0.3) is 0 Å². The summed E-state index contributed by atoms with van der Waals surface area (Å²) in [5, 5.41) is 18.3. The zero-order valence-corrected chi connectivity index (χ0v) is 19.3. The van der Waals surface area contributed by atoms with Crippen molar-refractivity contribution in [3.8, 4) is 11.5 Å². The van der Waals surface area contributed by atoms with Gasteiger partial charge in [0, 0.05) is 5.02 Å². The molecule has 0 aliphatic heterocycles. The molecule has 0 aliphatic rings. The highest BCUT2D eigenvalue weighted by Gasteiger charge is 2.14. The van der Waals surface area contributed by atoms with Gasteiger partial charge in [0.25, 0.3) is 0 Å². The minimum absolute atomic E-state index is 0.104. The topological polar surface area (TPSA) is 93.1 Å². The van der Waals surface area contributed by atoms with Gasteiger partial charge in [-0.1, -0.05) is 44.4 Å². The van der Waals surface area contributed by atoms with E-state index >= 15 is 0 Å². The average Bonchev–Trinajstić information content (AvgIpc) is 2.76. The third kappa shape index (κ3) is 8.13. The van der Waals surface area contributed by atoms with Crippen LogP contribution in [0.4, 0.5) is 0 Å². The van der Waals surface area contributed by atoms with Gasteiger partial charge in [-0.3, -0.25) is 0 Å². The van der Waals surface area contributed by atoms with Gasteiger partial charge >= 0.3 is 11.9 Å². The standard InChI is InChI=1S/C12H15ClO3.C12H16O3/c1-3-4-5-8-6-11(16-2)9(12(14)15)7-10(8)13;1-3-4-5-9-6-7-10(12(13)14)11(8-9)15-2/h6-7H,3-5H2,1-2H3,(H,14,15);6-8H,3-5H2,1-2H3,(H,13,14). The van der Waals surface area contributed by atoms with Gasteiger partial charge in [0.1, 0.15) is 22.6 Å². The molecule has 0 heterocycles. The zero-order valence-electron chi connectivity index (χ0n) is 18.5. The molecule has 6 nitrogen and oxygen atoms in total. The second-order valence-electron chi connectivity index (χ2n) is 7.00. The number of aromatic carboxylic acids is 2. The van der Waals surface area contributed by atoms with Crippen molar-refractivity contribution in [2.45, 2.75) is 52.4 Å². The Morgan fingerprint density at radius 2 is 1.39 bits per heavy atom. The number of benzene rings is 2. The van der Waals surface area contributed by atoms with Crippen molar-refractivity contribution >= 4 is 23.5 Å². The summed E-state index contributed by atoms with van der Waals surface area (Å²) in [6, 6.07) is 8.42. The van der Waals surface area contributed by atoms with Crippen LogP contribution in [0.3, 0.4) is 0 Å². The quantitative estimate of drug-likeness (QED) is 0.452. The molecule has 2 aromatic rings. The van der Waals surface area contributed by atoms with Crippen molar-refractivity contribution in [1.29, 1.82) is 0 Å². The second kappa shape index (κ2) is 13.5. The highest BCUT2D eigenvalue weighted by Crippen LogP contribution is 2.28. The SMILES string of the molecule is CCCCc1cc(OC)c(C(=O)O)cc1Cl.CCCCc1ccc(C(=O)O)c(OC)c1. The molecule has 0 saturated heterocycles. The molecule has 31 heavy (non-hydrogen) atoms. The summed E-state index contributed by atoms with van der Waals surface area (Å²) in [6.07, 6.45) is 6.13. The smallest absolute Gasteiger partial charge is 0.339 e. The van der Waals surface area contributed by atoms with Gasteiger partial charge < -0.3 is 19.7 Å². The van der Waals surface area contributed by atoms with E-state index in [-0.39, 0.29) is 11.1 Å². The van der Waals surface area contributed by atoms with Crippen molar-refractivity contribution in [3.63, 3.8) is 0 Å². The first kappa shape index (κ1) is 26.3. The molecule has 0 amide bonds. The summed E-state index contributed by atoms with van der Waals surface area (Å²) in [5.74, 6) is -1.17. The maximum Gasteiger partial charge on any atom is 0.339 e. The zero-order chi connectivity index (χ0) is 23.4. The lowest BCUT2D eigenvalue weighted by molar-refractivity contribution is 0.0682. The van der Waals surface area contributed by atoms with Gasteiger partial charge in [-0.15, -0.1) is 0 Å². The number of carbonyl (C=O) groups is 2. The van der Waals surface area contributed by atoms with Gasteiger partial charge in [0.05, 0.1) is 14.2 Å². The van der Waals surface area contributed by atoms with Gasteiger partial charge in [-0.2, -0.15) is 0 Å². The molecule has 2 N–H and O–H groups in total. The Morgan fingerprint density at radius 1 is 0.839 bits per heavy atom. The Bertz CT molecular complexity index is 879. The number of carboxylic acid groups (broad SMARTS) is 2. The van der Waals surface area contributed by atoms with Gasteiger partial charge in [0.15, 0.2) is 0 Å². The Hall–Kier alpha value is -2.73. The van der Waals surface area contributed by atoms with E-state index in [0.717, 1.165) is 49.7 Å². The van der Waals surface area contributed by atoms with Crippen LogP contribution >= 0.6 is 11.6 Å². The number of hydrogen-bond donors (Lipinski definition) is 2. The Labute approximate surface area is 188 Å². The number of hydrogen-bond acceptors (Lipinski definition) is 4. The Kier molecular flexibility index (Phi) is 11.5. The monoisotopic (exact) mass is 450 g/mol. The Balaban J connectivity index is 0.000000311. The lowest BCUT2D eigenvalue weighted by atomic mass is 10.1. The molecule has 7 heteroatoms. The molecule has 0 aliphatic carbocycles. The number of unbranched alkanes of at least 4 members (excludes halogenated alkanes) is 2. The highest BCUT2D eigenvalue weighted by atomic mass is 35.5. The van der Waals surface area contributed by atoms with Crippen molar-refractivity contribution in [3.05, 3.63) is 57.6 Å². The van der Waals surface area contributed by atoms with Crippen LogP contribution < -0.4 is 9.47 Å². The Morgan fingerprint density at radius 3 is 1.90 bits per heavy atom. The number of methoxy groups -OCH3 is 2. The van der Waals surface area contributed by atoms with Gasteiger partial charge in [-0.25, -0.2) is 9.59 Å². The van der Waals surface area contributed by atoms with Crippen LogP contribution in [0.5, 0.6) is 11.5 Å². The lowest BCUT2D eigenvalue weighted by Gasteiger charge is -2.09. The van der Waals surface area contributed by atoms with Gasteiger partial charge in [-0.05, 0) is 61.1 Å². The van der Waals surface area contributed by atoms with Crippen molar-refractivity contribution in [2.75, 3.05) is 14.2 Å². The minimum atomic E-state index is -1.03. The van der Waals surface area contributed by atoms with Crippen LogP contribution in [0.2, 0.25) is 5.02 Å². The van der Waals surface area contributed by atoms with E-state index in [0.29, 0.717) is 16.5 Å². The molecule has 2 aromatic carbocycles. The number of carboxylic acids is 2. The van der Waals surface area contributed by atoms with E-state index in [1.807, 2.05) is 6.07 Å². The summed E-state index contributed by atoms with van der Waals surface area (Å²) in [5.41, 5.74) is 2.38. The molecule has 0 bridgehead atoms. The van der Waals surface area contributed by atoms with Crippen molar-refractivity contribution < 1.29 is 29.3 Å². The maximum absolute atomic E-state index is 10.9. The minimum Gasteiger partial charge on any atom is -0.496 e. The molecule has 0 spiro atoms. The summed E-state index contributed by atoms with van der Waals surface area (Å²) in [7, 11) is 2.95. The first-order valence-electron chi connectivity index (χ1n) is 10.3. The van der Waals surface area contributed by atoms with E-state index in [4.69, 9.17) is 31.3 Å². The van der Waals surface area contributed by atoms with Crippen LogP contribution in [0.15, 0.2) is 30.3 Å². The van der Waals surface area contributed by atoms with E-state index in [1.54, 1.807) is 18.2 Å². The molecule has 0 unspecified atom stereocenters. The second-order valence-corrected chi connectivity index (χ2v) is 7.40. The van der Waals surface area contributed by atoms with Gasteiger partial charge in [0.2, 0.25) is 0 Å². The van der Waals surface area contributed by atoms with E-state index in [2.05, 4.69) is 13.8 Å². The highest BCUT2D eigenvalue weighted by molar-refractivity contribution is 6.31. The molecule has 0 aromatic heterocycles. The first-order chi connectivity index (χ1) is 14.8. The molecular weight excluding hydrogens is 420 g/mol. The van der Waals surface area contributed by atoms with E-state index in [9.17, 15) is 9.59 Å². The summed E-state index contributed by atoms with van der Waals surface area (Å²) >= 11 is 6.02. The van der Waals surface area contributed by atoms with Crippen LogP contribution in [0, 0.1) is 0 Å². The normalized spacial score (nSPS) is 10.1. The number of aryl methyl sites for hydroxylation is 2. The predicted octanol–water partition coefficient (Wildman–Crippen LogP) is 6.13. The number of halogens is 1. The summed E-state index contributed by atoms with van der Waals surface area (Å²) in [4.78, 5) is 21.7. The third-order valence-electron chi connectivity index (χ3n) is 4.71. The molecule has 0 atom stereocenters. The van der Waals surface area contributed by atoms with E-state index < -0.39 is 11.9 Å². The third-order valence-corrected chi connectivity index (χ3v) is 5.07. The molecule has 2 rings (SSSR count). The molecule has 170 valence electrons. The van der Waals surface area contributed by atoms with Crippen LogP contribution in [0.1, 0.15) is 71.4 Å². The van der Waals surface area contributed by atoms with Crippen LogP contribution in [-0.4, -0.2) is 36.4 Å². The van der Waals surface area contributed by atoms with Crippen molar-refractivity contribution in [2.24, 2.45) is 0 Å². The summed E-state index contributed by atoms with van der Waals surface area (Å²) < 4.78 is 10.1. The van der Waals surface area contributed by atoms with E-state index in [1.165, 1.54) is 20.3 Å². The predicted molar refractivity (Wildman–Crippen MR) is 122 cm³/mol. The number of rotatable bonds is 10. The maximum atomic E-state index is 10.9. The molecule has 0 saturated carbocycles. The average molecular weight is 451 g/mol. The lowest BCUT2D eigenvalue weighted by Crippen LogP contribution is -2.02. The fraction of sp³-hybridized carbons (Fsp3) is 0.417. The fourth-order valence-electron chi connectivity index (χ4n) is 2.94.